The summed E-state index contributed by atoms with van der Waals surface area (Å²) in [5, 5.41) is 41.0. The van der Waals surface area contributed by atoms with E-state index in [1.165, 1.54) is 25.8 Å². The summed E-state index contributed by atoms with van der Waals surface area (Å²) in [7, 11) is 1.53. The predicted molar refractivity (Wildman–Crippen MR) is 199 cm³/mol. The summed E-state index contributed by atoms with van der Waals surface area (Å²) in [6, 6.07) is 6.94. The van der Waals surface area contributed by atoms with Crippen molar-refractivity contribution < 1.29 is 43.5 Å². The van der Waals surface area contributed by atoms with Gasteiger partial charge in [0.2, 0.25) is 6.79 Å². The van der Waals surface area contributed by atoms with Gasteiger partial charge >= 0.3 is 11.9 Å². The standard InChI is InChI=1S/C40H39N5O9S/c1-16-9-19-10-24-25(12-41)45-26-13-51-39(49)40(38-21(7-8-42-40)22-11-20(47)5-6-23(22)44-38)14-55-37(31(45)30(43-24)27(19)32(48)33(16)50-4)29-28(26)36-35(52-15-53-36)17(2)34(29)54-18(3)46/h5-6,9,11,24-26,30-31,37,42-44,47-48H,7-8,10,13-15H2,1-4H3/t24-,25-,26-,30-,31?,37+,40+/m0/s1. The maximum atomic E-state index is 14.8. The highest BCUT2D eigenvalue weighted by Gasteiger charge is 2.60. The number of thioether (sulfide) groups is 1. The fraction of sp³-hybridized carbons (Fsp3) is 0.425. The van der Waals surface area contributed by atoms with Gasteiger partial charge in [0.1, 0.15) is 24.1 Å². The first-order valence-electron chi connectivity index (χ1n) is 18.4. The zero-order valence-electron chi connectivity index (χ0n) is 30.6. The lowest BCUT2D eigenvalue weighted by atomic mass is 9.72. The van der Waals surface area contributed by atoms with E-state index >= 15 is 0 Å². The van der Waals surface area contributed by atoms with Gasteiger partial charge < -0.3 is 44.2 Å². The van der Waals surface area contributed by atoms with Crippen LogP contribution in [0.4, 0.5) is 0 Å². The molecule has 3 aromatic carbocycles. The van der Waals surface area contributed by atoms with Crippen LogP contribution in [0.25, 0.3) is 10.9 Å². The number of ether oxygens (including phenoxy) is 5. The van der Waals surface area contributed by atoms with Crippen molar-refractivity contribution in [1.82, 2.24) is 20.5 Å². The molecule has 4 bridgehead atoms. The Morgan fingerprint density at radius 1 is 1.11 bits per heavy atom. The summed E-state index contributed by atoms with van der Waals surface area (Å²) in [5.74, 6) is 0.971. The summed E-state index contributed by atoms with van der Waals surface area (Å²) >= 11 is 1.49. The van der Waals surface area contributed by atoms with Crippen LogP contribution in [0.3, 0.4) is 0 Å². The van der Waals surface area contributed by atoms with E-state index in [0.717, 1.165) is 27.6 Å². The number of nitrogens with zero attached hydrogens (tertiary/aromatic N) is 2. The van der Waals surface area contributed by atoms with Crippen LogP contribution < -0.4 is 29.6 Å². The lowest BCUT2D eigenvalue weighted by Crippen LogP contribution is -2.69. The van der Waals surface area contributed by atoms with E-state index in [2.05, 4.69) is 26.6 Å². The second-order valence-corrected chi connectivity index (χ2v) is 16.3. The predicted octanol–water partition coefficient (Wildman–Crippen LogP) is 4.12. The van der Waals surface area contributed by atoms with Crippen molar-refractivity contribution in [2.24, 2.45) is 0 Å². The Morgan fingerprint density at radius 3 is 2.71 bits per heavy atom. The van der Waals surface area contributed by atoms with Gasteiger partial charge in [0, 0.05) is 64.5 Å². The molecule has 1 aromatic heterocycles. The van der Waals surface area contributed by atoms with E-state index in [4.69, 9.17) is 23.7 Å². The van der Waals surface area contributed by atoms with Crippen molar-refractivity contribution in [3.63, 3.8) is 0 Å². The number of methoxy groups -OCH3 is 1. The molecule has 1 unspecified atom stereocenters. The van der Waals surface area contributed by atoms with Crippen LogP contribution in [-0.2, 0) is 32.7 Å². The molecule has 4 aromatic rings. The molecule has 11 rings (SSSR count). The average Bonchev–Trinajstić information content (AvgIpc) is 3.80. The van der Waals surface area contributed by atoms with Crippen LogP contribution in [-0.4, -0.2) is 83.0 Å². The molecule has 7 aliphatic heterocycles. The molecule has 0 amide bonds. The summed E-state index contributed by atoms with van der Waals surface area (Å²) in [6.07, 6.45) is 1.09. The highest BCUT2D eigenvalue weighted by molar-refractivity contribution is 7.99. The zero-order chi connectivity index (χ0) is 38.1. The average molecular weight is 766 g/mol. The largest absolute Gasteiger partial charge is 0.508 e. The molecule has 0 saturated carbocycles. The van der Waals surface area contributed by atoms with Crippen molar-refractivity contribution in [3.8, 4) is 40.6 Å². The number of rotatable bonds is 2. The summed E-state index contributed by atoms with van der Waals surface area (Å²) in [6.45, 7) is 5.34. The Labute approximate surface area is 320 Å². The Kier molecular flexibility index (Phi) is 7.61. The van der Waals surface area contributed by atoms with Crippen molar-refractivity contribution in [2.45, 2.75) is 74.6 Å². The fourth-order valence-corrected chi connectivity index (χ4v) is 11.9. The maximum Gasteiger partial charge on any atom is 0.333 e. The topological polar surface area (TPSA) is 188 Å². The van der Waals surface area contributed by atoms with Gasteiger partial charge in [-0.05, 0) is 61.6 Å². The number of carbonyl (C=O) groups is 2. The van der Waals surface area contributed by atoms with E-state index < -0.39 is 46.9 Å². The molecular weight excluding hydrogens is 727 g/mol. The van der Waals surface area contributed by atoms with Gasteiger partial charge in [0.15, 0.2) is 28.5 Å². The minimum Gasteiger partial charge on any atom is -0.508 e. The van der Waals surface area contributed by atoms with E-state index in [1.54, 1.807) is 18.2 Å². The third-order valence-electron chi connectivity index (χ3n) is 12.4. The van der Waals surface area contributed by atoms with Crippen LogP contribution in [0, 0.1) is 25.2 Å². The number of phenols is 2. The lowest BCUT2D eigenvalue weighted by Gasteiger charge is -2.59. The monoisotopic (exact) mass is 765 g/mol. The second-order valence-electron chi connectivity index (χ2n) is 15.2. The van der Waals surface area contributed by atoms with Crippen molar-refractivity contribution in [2.75, 3.05) is 32.8 Å². The van der Waals surface area contributed by atoms with Crippen LogP contribution >= 0.6 is 11.8 Å². The highest BCUT2D eigenvalue weighted by Crippen LogP contribution is 2.63. The molecule has 14 nitrogen and oxygen atoms in total. The third-order valence-corrected chi connectivity index (χ3v) is 13.8. The van der Waals surface area contributed by atoms with Gasteiger partial charge in [-0.15, -0.1) is 11.8 Å². The lowest BCUT2D eigenvalue weighted by molar-refractivity contribution is -0.155. The Bertz CT molecular complexity index is 2410. The van der Waals surface area contributed by atoms with E-state index in [-0.39, 0.29) is 36.7 Å². The minimum atomic E-state index is -1.32. The molecule has 2 fully saturated rings. The number of aromatic amines is 1. The number of esters is 2. The minimum absolute atomic E-state index is 0.0342. The van der Waals surface area contributed by atoms with Crippen molar-refractivity contribution in [1.29, 1.82) is 5.26 Å². The Balaban J connectivity index is 1.24. The second kappa shape index (κ2) is 12.2. The van der Waals surface area contributed by atoms with E-state index in [0.29, 0.717) is 70.3 Å². The normalized spacial score (nSPS) is 28.7. The molecule has 2 saturated heterocycles. The fourth-order valence-electron chi connectivity index (χ4n) is 10.2. The molecule has 0 aliphatic carbocycles. The summed E-state index contributed by atoms with van der Waals surface area (Å²) in [5.41, 5.74) is 5.39. The first kappa shape index (κ1) is 34.4. The van der Waals surface area contributed by atoms with Crippen molar-refractivity contribution >= 4 is 34.6 Å². The van der Waals surface area contributed by atoms with Crippen LogP contribution in [0.1, 0.15) is 68.9 Å². The molecule has 8 heterocycles. The number of nitrogens with one attached hydrogen (secondary N) is 3. The van der Waals surface area contributed by atoms with Crippen LogP contribution in [0.15, 0.2) is 24.3 Å². The number of H-pyrrole nitrogens is 1. The molecule has 7 aliphatic rings. The van der Waals surface area contributed by atoms with Gasteiger partial charge in [0.05, 0.1) is 36.2 Å². The third kappa shape index (κ3) is 4.65. The number of aryl methyl sites for hydroxylation is 1. The maximum absolute atomic E-state index is 14.8. The molecule has 15 heteroatoms. The zero-order valence-corrected chi connectivity index (χ0v) is 31.4. The molecule has 1 spiro atoms. The number of nitriles is 1. The number of hydrogen-bond donors (Lipinski definition) is 5. The van der Waals surface area contributed by atoms with Gasteiger partial charge in [-0.1, -0.05) is 6.07 Å². The number of aromatic hydroxyl groups is 2. The number of fused-ring (bicyclic) bond motifs is 11. The smallest absolute Gasteiger partial charge is 0.333 e. The molecule has 5 N–H and O–H groups in total. The number of hydrogen-bond acceptors (Lipinski definition) is 14. The highest BCUT2D eigenvalue weighted by atomic mass is 32.2. The Hall–Kier alpha value is -5.14. The molecular formula is C40H39N5O9S. The quantitative estimate of drug-likeness (QED) is 0.145. The van der Waals surface area contributed by atoms with Gasteiger partial charge in [0.25, 0.3) is 0 Å². The molecule has 55 heavy (non-hydrogen) atoms. The number of benzene rings is 3. The molecule has 7 atom stereocenters. The van der Waals surface area contributed by atoms with Crippen LogP contribution in [0.5, 0.6) is 34.5 Å². The SMILES string of the molecule is COc1c(C)cc2c(c1O)[C@@H]1N[C@@H](C2)[C@H](C#N)N2C1[C@@H]1SC[C@]3(NCCc4c3[nH]c3ccc(O)cc43)C(=O)OC[C@H]2c2c3c(c(C)c(OC(C)=O)c21)OCO3. The van der Waals surface area contributed by atoms with E-state index in [9.17, 15) is 25.1 Å². The number of carbonyl (C=O) groups excluding carboxylic acids is 2. The Morgan fingerprint density at radius 2 is 1.93 bits per heavy atom. The van der Waals surface area contributed by atoms with E-state index in [1.807, 2.05) is 19.9 Å². The number of piperazine rings is 1. The first-order chi connectivity index (χ1) is 26.6. The molecule has 0 radical (unpaired) electrons. The van der Waals surface area contributed by atoms with Crippen LogP contribution in [0.2, 0.25) is 0 Å². The number of aromatic nitrogens is 1. The molecule has 284 valence electrons. The van der Waals surface area contributed by atoms with Gasteiger partial charge in [-0.25, -0.2) is 4.79 Å². The van der Waals surface area contributed by atoms with Gasteiger partial charge in [-0.2, -0.15) is 5.26 Å². The number of phenolic OH excluding ortho intramolecular Hbond substituents is 2. The summed E-state index contributed by atoms with van der Waals surface area (Å²) < 4.78 is 30.5. The van der Waals surface area contributed by atoms with Crippen molar-refractivity contribution in [3.05, 3.63) is 68.9 Å². The summed E-state index contributed by atoms with van der Waals surface area (Å²) in [4.78, 5) is 33.3. The first-order valence-corrected chi connectivity index (χ1v) is 19.5. The van der Waals surface area contributed by atoms with Gasteiger partial charge in [-0.3, -0.25) is 15.0 Å².